The van der Waals surface area contributed by atoms with Crippen LogP contribution in [0.3, 0.4) is 0 Å². The molecule has 1 aliphatic heterocycles. The maximum absolute atomic E-state index is 12.6. The average Bonchev–Trinajstić information content (AvgIpc) is 2.57. The van der Waals surface area contributed by atoms with Gasteiger partial charge in [-0.25, -0.2) is 0 Å². The van der Waals surface area contributed by atoms with E-state index in [1.807, 2.05) is 51.3 Å². The third-order valence-corrected chi connectivity index (χ3v) is 5.20. The van der Waals surface area contributed by atoms with Crippen LogP contribution in [0.25, 0.3) is 0 Å². The average molecular weight is 370 g/mol. The Kier molecular flexibility index (Phi) is 4.82. The minimum absolute atomic E-state index is 0.376. The molecule has 0 bridgehead atoms. The van der Waals surface area contributed by atoms with Crippen molar-refractivity contribution in [2.24, 2.45) is 0 Å². The Hall–Kier alpha value is -2.67. The lowest BCUT2D eigenvalue weighted by Crippen LogP contribution is -2.29. The molecule has 2 aromatic rings. The van der Waals surface area contributed by atoms with Crippen molar-refractivity contribution >= 4 is 46.3 Å². The van der Waals surface area contributed by atoms with Crippen molar-refractivity contribution in [2.75, 3.05) is 43.3 Å². The number of carbonyl (C=O) groups is 2. The first-order chi connectivity index (χ1) is 12.3. The van der Waals surface area contributed by atoms with Crippen LogP contribution in [0.15, 0.2) is 40.1 Å². The molecule has 0 unspecified atom stereocenters. The van der Waals surface area contributed by atoms with Crippen LogP contribution in [0.1, 0.15) is 17.3 Å². The third kappa shape index (κ3) is 3.48. The van der Waals surface area contributed by atoms with Gasteiger partial charge in [0.15, 0.2) is 0 Å². The maximum Gasteiger partial charge on any atom is 0.260 e. The van der Waals surface area contributed by atoms with Crippen LogP contribution in [0.2, 0.25) is 0 Å². The number of amides is 2. The number of hydrogen-bond donors (Lipinski definition) is 2. The highest BCUT2D eigenvalue weighted by atomic mass is 32.2. The van der Waals surface area contributed by atoms with Gasteiger partial charge in [-0.15, -0.1) is 0 Å². The SMILES string of the molecule is CC(=O)NC(=O)c1cc(N(C)C)cc2c1Nc1ccc(N(C)C)cc1S2. The monoisotopic (exact) mass is 370 g/mol. The third-order valence-electron chi connectivity index (χ3n) is 4.10. The van der Waals surface area contributed by atoms with Crippen molar-refractivity contribution in [3.63, 3.8) is 0 Å². The Bertz CT molecular complexity index is 893. The summed E-state index contributed by atoms with van der Waals surface area (Å²) in [6, 6.07) is 9.99. The molecular formula is C19H22N4O2S. The van der Waals surface area contributed by atoms with Gasteiger partial charge in [0.05, 0.1) is 16.9 Å². The summed E-state index contributed by atoms with van der Waals surface area (Å²) >= 11 is 1.62. The molecule has 26 heavy (non-hydrogen) atoms. The highest BCUT2D eigenvalue weighted by Gasteiger charge is 2.24. The van der Waals surface area contributed by atoms with Gasteiger partial charge in [0.2, 0.25) is 5.91 Å². The summed E-state index contributed by atoms with van der Waals surface area (Å²) in [5.74, 6) is -0.780. The molecule has 0 radical (unpaired) electrons. The van der Waals surface area contributed by atoms with Crippen LogP contribution in [0.4, 0.5) is 22.7 Å². The van der Waals surface area contributed by atoms with Crippen LogP contribution in [-0.2, 0) is 4.79 Å². The lowest BCUT2D eigenvalue weighted by molar-refractivity contribution is -0.118. The van der Waals surface area contributed by atoms with Gasteiger partial charge in [0.25, 0.3) is 5.91 Å². The van der Waals surface area contributed by atoms with E-state index in [1.165, 1.54) is 6.92 Å². The molecule has 0 spiro atoms. The molecule has 0 atom stereocenters. The largest absolute Gasteiger partial charge is 0.378 e. The number of rotatable bonds is 3. The number of anilines is 4. The van der Waals surface area contributed by atoms with Crippen molar-refractivity contribution in [3.8, 4) is 0 Å². The summed E-state index contributed by atoms with van der Waals surface area (Å²) in [6.07, 6.45) is 0. The fourth-order valence-electron chi connectivity index (χ4n) is 2.70. The van der Waals surface area contributed by atoms with Crippen LogP contribution in [0.5, 0.6) is 0 Å². The molecule has 0 aliphatic carbocycles. The quantitative estimate of drug-likeness (QED) is 0.738. The molecule has 0 fully saturated rings. The molecular weight excluding hydrogens is 348 g/mol. The van der Waals surface area contributed by atoms with Crippen molar-refractivity contribution in [1.29, 1.82) is 0 Å². The van der Waals surface area contributed by atoms with Gasteiger partial charge in [-0.05, 0) is 30.3 Å². The van der Waals surface area contributed by atoms with Crippen LogP contribution < -0.4 is 20.4 Å². The first-order valence-corrected chi connectivity index (χ1v) is 9.01. The molecule has 6 nitrogen and oxygen atoms in total. The van der Waals surface area contributed by atoms with Crippen molar-refractivity contribution in [2.45, 2.75) is 16.7 Å². The van der Waals surface area contributed by atoms with E-state index < -0.39 is 5.91 Å². The van der Waals surface area contributed by atoms with Gasteiger partial charge in [-0.2, -0.15) is 0 Å². The zero-order chi connectivity index (χ0) is 19.0. The summed E-state index contributed by atoms with van der Waals surface area (Å²) in [4.78, 5) is 29.9. The van der Waals surface area contributed by atoms with Crippen LogP contribution >= 0.6 is 11.8 Å². The van der Waals surface area contributed by atoms with E-state index in [1.54, 1.807) is 17.8 Å². The molecule has 2 aromatic carbocycles. The second kappa shape index (κ2) is 6.92. The van der Waals surface area contributed by atoms with Gasteiger partial charge in [-0.3, -0.25) is 14.9 Å². The highest BCUT2D eigenvalue weighted by molar-refractivity contribution is 7.99. The maximum atomic E-state index is 12.6. The van der Waals surface area contributed by atoms with Gasteiger partial charge in [0.1, 0.15) is 0 Å². The smallest absolute Gasteiger partial charge is 0.260 e. The summed E-state index contributed by atoms with van der Waals surface area (Å²) < 4.78 is 0. The minimum atomic E-state index is -0.404. The zero-order valence-corrected chi connectivity index (χ0v) is 16.3. The summed E-state index contributed by atoms with van der Waals surface area (Å²) in [6.45, 7) is 1.33. The molecule has 2 N–H and O–H groups in total. The number of hydrogen-bond acceptors (Lipinski definition) is 6. The normalized spacial score (nSPS) is 11.7. The summed E-state index contributed by atoms with van der Waals surface area (Å²) in [7, 11) is 7.86. The number of nitrogens with zero attached hydrogens (tertiary/aromatic N) is 2. The van der Waals surface area contributed by atoms with Gasteiger partial charge in [-0.1, -0.05) is 11.8 Å². The number of nitrogens with one attached hydrogen (secondary N) is 2. The second-order valence-electron chi connectivity index (χ2n) is 6.57. The number of fused-ring (bicyclic) bond motifs is 2. The number of benzene rings is 2. The highest BCUT2D eigenvalue weighted by Crippen LogP contribution is 2.48. The second-order valence-corrected chi connectivity index (χ2v) is 7.66. The molecule has 0 saturated heterocycles. The minimum Gasteiger partial charge on any atom is -0.378 e. The fraction of sp³-hybridized carbons (Fsp3) is 0.263. The van der Waals surface area contributed by atoms with Crippen LogP contribution in [0, 0.1) is 0 Å². The fourth-order valence-corrected chi connectivity index (χ4v) is 3.79. The Labute approximate surface area is 157 Å². The van der Waals surface area contributed by atoms with Gasteiger partial charge in [0, 0.05) is 56.3 Å². The van der Waals surface area contributed by atoms with E-state index in [0.29, 0.717) is 5.56 Å². The Morgan fingerprint density at radius 3 is 2.23 bits per heavy atom. The zero-order valence-electron chi connectivity index (χ0n) is 15.5. The number of carbonyl (C=O) groups excluding carboxylic acids is 2. The molecule has 0 saturated carbocycles. The summed E-state index contributed by atoms with van der Waals surface area (Å²) in [5, 5.41) is 5.74. The molecule has 1 heterocycles. The molecule has 136 valence electrons. The van der Waals surface area contributed by atoms with Crippen molar-refractivity contribution in [3.05, 3.63) is 35.9 Å². The summed E-state index contributed by atoms with van der Waals surface area (Å²) in [5.41, 5.74) is 4.14. The van der Waals surface area contributed by atoms with E-state index >= 15 is 0 Å². The van der Waals surface area contributed by atoms with E-state index in [4.69, 9.17) is 0 Å². The predicted molar refractivity (Wildman–Crippen MR) is 107 cm³/mol. The van der Waals surface area contributed by atoms with Gasteiger partial charge >= 0.3 is 0 Å². The topological polar surface area (TPSA) is 64.7 Å². The molecule has 2 amide bonds. The Balaban J connectivity index is 2.08. The molecule has 3 rings (SSSR count). The van der Waals surface area contributed by atoms with Crippen molar-refractivity contribution in [1.82, 2.24) is 5.32 Å². The van der Waals surface area contributed by atoms with E-state index in [9.17, 15) is 9.59 Å². The van der Waals surface area contributed by atoms with E-state index in [-0.39, 0.29) is 5.91 Å². The van der Waals surface area contributed by atoms with E-state index in [0.717, 1.165) is 32.5 Å². The lowest BCUT2D eigenvalue weighted by atomic mass is 10.1. The van der Waals surface area contributed by atoms with E-state index in [2.05, 4.69) is 21.6 Å². The first-order valence-electron chi connectivity index (χ1n) is 8.20. The van der Waals surface area contributed by atoms with Gasteiger partial charge < -0.3 is 15.1 Å². The van der Waals surface area contributed by atoms with Crippen molar-refractivity contribution < 1.29 is 9.59 Å². The predicted octanol–water partition coefficient (Wildman–Crippen LogP) is 3.30. The number of imide groups is 1. The first kappa shape index (κ1) is 18.1. The standard InChI is InChI=1S/C19H22N4O2S/c1-11(24)20-19(25)14-8-13(23(4)5)10-17-18(14)21-15-7-6-12(22(2)3)9-16(15)26-17/h6-10,21H,1-5H3,(H,20,24,25). The molecule has 1 aliphatic rings. The Morgan fingerprint density at radius 2 is 1.62 bits per heavy atom. The lowest BCUT2D eigenvalue weighted by Gasteiger charge is -2.26. The Morgan fingerprint density at radius 1 is 0.962 bits per heavy atom. The molecule has 7 heteroatoms. The van der Waals surface area contributed by atoms with Crippen LogP contribution in [-0.4, -0.2) is 40.0 Å². The molecule has 0 aromatic heterocycles.